The summed E-state index contributed by atoms with van der Waals surface area (Å²) in [6.45, 7) is 7.57. The molecule has 1 atom stereocenters. The summed E-state index contributed by atoms with van der Waals surface area (Å²) in [7, 11) is 0. The lowest BCUT2D eigenvalue weighted by Crippen LogP contribution is -2.53. The number of nitrogens with one attached hydrogen (secondary N) is 1. The Kier molecular flexibility index (Phi) is 4.68. The molecule has 0 bridgehead atoms. The van der Waals surface area contributed by atoms with Crippen LogP contribution in [0.2, 0.25) is 0 Å². The number of carbonyl (C=O) groups excluding carboxylic acids is 2. The monoisotopic (exact) mass is 309 g/mol. The van der Waals surface area contributed by atoms with Crippen LogP contribution in [-0.4, -0.2) is 35.8 Å². The van der Waals surface area contributed by atoms with Gasteiger partial charge in [-0.15, -0.1) is 11.3 Å². The lowest BCUT2D eigenvalue weighted by atomic mass is 9.79. The molecule has 6 heteroatoms. The van der Waals surface area contributed by atoms with Gasteiger partial charge in [0, 0.05) is 30.9 Å². The SMILES string of the molecule is CC(=O)NCc1ccc(C(=O)N2CCC(N)C(C)(C)C2)s1. The van der Waals surface area contributed by atoms with Crippen LogP contribution in [0.25, 0.3) is 0 Å². The highest BCUT2D eigenvalue weighted by Gasteiger charge is 2.35. The maximum Gasteiger partial charge on any atom is 0.263 e. The minimum Gasteiger partial charge on any atom is -0.351 e. The summed E-state index contributed by atoms with van der Waals surface area (Å²) in [5, 5.41) is 2.74. The zero-order valence-corrected chi connectivity index (χ0v) is 13.6. The van der Waals surface area contributed by atoms with Gasteiger partial charge in [-0.05, 0) is 24.0 Å². The van der Waals surface area contributed by atoms with Gasteiger partial charge in [0.15, 0.2) is 0 Å². The zero-order valence-electron chi connectivity index (χ0n) is 12.8. The smallest absolute Gasteiger partial charge is 0.263 e. The van der Waals surface area contributed by atoms with Gasteiger partial charge in [0.25, 0.3) is 5.91 Å². The topological polar surface area (TPSA) is 75.4 Å². The summed E-state index contributed by atoms with van der Waals surface area (Å²) in [5.74, 6) is -0.00269. The molecule has 1 aromatic heterocycles. The molecule has 0 aromatic carbocycles. The number of nitrogens with two attached hydrogens (primary N) is 1. The number of likely N-dealkylation sites (tertiary alicyclic amines) is 1. The number of hydrogen-bond donors (Lipinski definition) is 2. The number of nitrogens with zero attached hydrogens (tertiary/aromatic N) is 1. The summed E-state index contributed by atoms with van der Waals surface area (Å²) < 4.78 is 0. The van der Waals surface area contributed by atoms with Crippen LogP contribution in [0, 0.1) is 5.41 Å². The first-order chi connectivity index (χ1) is 9.79. The van der Waals surface area contributed by atoms with Crippen molar-refractivity contribution in [1.82, 2.24) is 10.2 Å². The molecule has 0 saturated carbocycles. The van der Waals surface area contributed by atoms with E-state index in [0.29, 0.717) is 19.6 Å². The maximum absolute atomic E-state index is 12.6. The summed E-state index contributed by atoms with van der Waals surface area (Å²) in [6.07, 6.45) is 0.836. The largest absolute Gasteiger partial charge is 0.351 e. The first-order valence-corrected chi connectivity index (χ1v) is 7.99. The van der Waals surface area contributed by atoms with Gasteiger partial charge in [0.05, 0.1) is 11.4 Å². The molecule has 116 valence electrons. The number of amides is 2. The van der Waals surface area contributed by atoms with Crippen LogP contribution < -0.4 is 11.1 Å². The van der Waals surface area contributed by atoms with Crippen molar-refractivity contribution in [2.45, 2.75) is 39.8 Å². The number of piperidine rings is 1. The molecule has 1 aliphatic heterocycles. The number of rotatable bonds is 3. The number of hydrogen-bond acceptors (Lipinski definition) is 4. The van der Waals surface area contributed by atoms with E-state index in [0.717, 1.165) is 16.2 Å². The Hall–Kier alpha value is -1.40. The van der Waals surface area contributed by atoms with E-state index >= 15 is 0 Å². The fraction of sp³-hybridized carbons (Fsp3) is 0.600. The van der Waals surface area contributed by atoms with Crippen molar-refractivity contribution in [1.29, 1.82) is 0 Å². The van der Waals surface area contributed by atoms with E-state index in [4.69, 9.17) is 5.73 Å². The average molecular weight is 309 g/mol. The van der Waals surface area contributed by atoms with E-state index in [9.17, 15) is 9.59 Å². The molecular formula is C15H23N3O2S. The van der Waals surface area contributed by atoms with Crippen LogP contribution in [0.3, 0.4) is 0 Å². The lowest BCUT2D eigenvalue weighted by Gasteiger charge is -2.42. The third-order valence-corrected chi connectivity index (χ3v) is 5.06. The summed E-state index contributed by atoms with van der Waals surface area (Å²) >= 11 is 1.44. The third kappa shape index (κ3) is 3.83. The molecule has 21 heavy (non-hydrogen) atoms. The van der Waals surface area contributed by atoms with Crippen molar-refractivity contribution in [2.24, 2.45) is 11.1 Å². The van der Waals surface area contributed by atoms with Gasteiger partial charge < -0.3 is 16.0 Å². The van der Waals surface area contributed by atoms with Gasteiger partial charge in [0.1, 0.15) is 0 Å². The molecular weight excluding hydrogens is 286 g/mol. The Balaban J connectivity index is 2.02. The zero-order chi connectivity index (χ0) is 15.6. The highest BCUT2D eigenvalue weighted by molar-refractivity contribution is 7.14. The molecule has 3 N–H and O–H groups in total. The Bertz CT molecular complexity index is 539. The van der Waals surface area contributed by atoms with Gasteiger partial charge in [-0.1, -0.05) is 13.8 Å². The van der Waals surface area contributed by atoms with Crippen molar-refractivity contribution < 1.29 is 9.59 Å². The molecule has 1 fully saturated rings. The minimum absolute atomic E-state index is 0.0514. The van der Waals surface area contributed by atoms with Crippen LogP contribution in [0.15, 0.2) is 12.1 Å². The van der Waals surface area contributed by atoms with E-state index in [2.05, 4.69) is 19.2 Å². The minimum atomic E-state index is -0.0666. The molecule has 0 spiro atoms. The van der Waals surface area contributed by atoms with Crippen LogP contribution in [0.4, 0.5) is 0 Å². The molecule has 2 heterocycles. The fourth-order valence-electron chi connectivity index (χ4n) is 2.50. The maximum atomic E-state index is 12.6. The van der Waals surface area contributed by atoms with Gasteiger partial charge in [0.2, 0.25) is 5.91 Å². The van der Waals surface area contributed by atoms with Crippen LogP contribution in [0.1, 0.15) is 41.7 Å². The number of carbonyl (C=O) groups is 2. The van der Waals surface area contributed by atoms with Crippen LogP contribution in [0.5, 0.6) is 0 Å². The van der Waals surface area contributed by atoms with Gasteiger partial charge in [-0.25, -0.2) is 0 Å². The Morgan fingerprint density at radius 3 is 2.81 bits per heavy atom. The van der Waals surface area contributed by atoms with E-state index in [1.54, 1.807) is 0 Å². The van der Waals surface area contributed by atoms with Gasteiger partial charge >= 0.3 is 0 Å². The summed E-state index contributed by atoms with van der Waals surface area (Å²) in [4.78, 5) is 27.1. The van der Waals surface area contributed by atoms with Gasteiger partial charge in [-0.3, -0.25) is 9.59 Å². The molecule has 0 aliphatic carbocycles. The molecule has 5 nitrogen and oxygen atoms in total. The van der Waals surface area contributed by atoms with Crippen LogP contribution >= 0.6 is 11.3 Å². The normalized spacial score (nSPS) is 21.1. The third-order valence-electron chi connectivity index (χ3n) is 3.98. The van der Waals surface area contributed by atoms with E-state index in [1.807, 2.05) is 17.0 Å². The van der Waals surface area contributed by atoms with Crippen LogP contribution in [-0.2, 0) is 11.3 Å². The van der Waals surface area contributed by atoms with Crippen molar-refractivity contribution in [3.63, 3.8) is 0 Å². The lowest BCUT2D eigenvalue weighted by molar-refractivity contribution is -0.119. The molecule has 0 radical (unpaired) electrons. The number of thiophene rings is 1. The molecule has 2 amide bonds. The van der Waals surface area contributed by atoms with Crippen molar-refractivity contribution >= 4 is 23.2 Å². The van der Waals surface area contributed by atoms with E-state index < -0.39 is 0 Å². The predicted molar refractivity (Wildman–Crippen MR) is 84.1 cm³/mol. The molecule has 1 unspecified atom stereocenters. The second-order valence-electron chi connectivity index (χ2n) is 6.29. The van der Waals surface area contributed by atoms with Gasteiger partial charge in [-0.2, -0.15) is 0 Å². The predicted octanol–water partition coefficient (Wildman–Crippen LogP) is 1.58. The highest BCUT2D eigenvalue weighted by Crippen LogP contribution is 2.29. The fourth-order valence-corrected chi connectivity index (χ4v) is 3.42. The first kappa shape index (κ1) is 16.0. The van der Waals surface area contributed by atoms with E-state index in [-0.39, 0.29) is 23.3 Å². The highest BCUT2D eigenvalue weighted by atomic mass is 32.1. The Morgan fingerprint density at radius 1 is 1.48 bits per heavy atom. The molecule has 2 rings (SSSR count). The standard InChI is InChI=1S/C15H23N3O2S/c1-10(19)17-8-11-4-5-12(21-11)14(20)18-7-6-13(16)15(2,3)9-18/h4-5,13H,6-9,16H2,1-3H3,(H,17,19). The summed E-state index contributed by atoms with van der Waals surface area (Å²) in [6, 6.07) is 3.88. The summed E-state index contributed by atoms with van der Waals surface area (Å²) in [5.41, 5.74) is 6.06. The molecule has 1 aromatic rings. The second kappa shape index (κ2) is 6.15. The average Bonchev–Trinajstić information content (AvgIpc) is 2.87. The molecule has 1 aliphatic rings. The Labute approximate surface area is 129 Å². The Morgan fingerprint density at radius 2 is 2.19 bits per heavy atom. The first-order valence-electron chi connectivity index (χ1n) is 7.17. The second-order valence-corrected chi connectivity index (χ2v) is 7.45. The van der Waals surface area contributed by atoms with E-state index in [1.165, 1.54) is 18.3 Å². The van der Waals surface area contributed by atoms with Crippen molar-refractivity contribution in [3.05, 3.63) is 21.9 Å². The van der Waals surface area contributed by atoms with Crippen molar-refractivity contribution in [3.8, 4) is 0 Å². The quantitative estimate of drug-likeness (QED) is 0.890. The molecule has 1 saturated heterocycles. The van der Waals surface area contributed by atoms with Crippen molar-refractivity contribution in [2.75, 3.05) is 13.1 Å².